The number of carbonyl (C=O) groups excluding carboxylic acids is 1. The number of nitrogens with one attached hydrogen (secondary N) is 3. The number of anilines is 5. The molecule has 0 fully saturated rings. The van der Waals surface area contributed by atoms with E-state index >= 15 is 0 Å². The zero-order valence-electron chi connectivity index (χ0n) is 21.8. The molecule has 0 amide bonds. The number of rotatable bonds is 14. The number of benzene rings is 2. The molecule has 0 atom stereocenters. The summed E-state index contributed by atoms with van der Waals surface area (Å²) in [6.45, 7) is 4.12. The zero-order chi connectivity index (χ0) is 27.5. The summed E-state index contributed by atoms with van der Waals surface area (Å²) < 4.78 is 30.2. The number of unbranched alkanes of at least 4 members (excludes halogenated alkanes) is 3. The molecule has 0 saturated heterocycles. The van der Waals surface area contributed by atoms with Crippen LogP contribution in [0.1, 0.15) is 46.0 Å². The van der Waals surface area contributed by atoms with Crippen molar-refractivity contribution in [2.24, 2.45) is 0 Å². The quantitative estimate of drug-likeness (QED) is 0.153. The molecular weight excluding hydrogens is 526 g/mol. The Labute approximate surface area is 229 Å². The SMILES string of the molecule is COC(=O)CCCCCCNc1ccc(Nc2ncc(Cl)c(Nc3ccccc3S(=O)(=O)C(C)C)n2)cc1. The summed E-state index contributed by atoms with van der Waals surface area (Å²) >= 11 is 6.31. The van der Waals surface area contributed by atoms with E-state index in [-0.39, 0.29) is 15.9 Å². The van der Waals surface area contributed by atoms with E-state index in [9.17, 15) is 13.2 Å². The van der Waals surface area contributed by atoms with Gasteiger partial charge in [-0.3, -0.25) is 4.79 Å². The van der Waals surface area contributed by atoms with Crippen LogP contribution in [0.4, 0.5) is 28.8 Å². The van der Waals surface area contributed by atoms with Gasteiger partial charge in [0, 0.05) is 24.3 Å². The first-order valence-corrected chi connectivity index (χ1v) is 14.4. The van der Waals surface area contributed by atoms with Crippen LogP contribution < -0.4 is 16.0 Å². The van der Waals surface area contributed by atoms with Gasteiger partial charge >= 0.3 is 5.97 Å². The molecule has 0 saturated carbocycles. The van der Waals surface area contributed by atoms with E-state index in [1.165, 1.54) is 13.3 Å². The van der Waals surface area contributed by atoms with Crippen LogP contribution in [0.25, 0.3) is 0 Å². The molecule has 3 N–H and O–H groups in total. The number of esters is 1. The molecule has 3 aromatic rings. The van der Waals surface area contributed by atoms with E-state index in [4.69, 9.17) is 11.6 Å². The maximum Gasteiger partial charge on any atom is 0.305 e. The summed E-state index contributed by atoms with van der Waals surface area (Å²) in [5.41, 5.74) is 2.17. The molecule has 0 aliphatic carbocycles. The van der Waals surface area contributed by atoms with Crippen LogP contribution in [-0.2, 0) is 19.4 Å². The number of sulfone groups is 1. The number of ether oxygens (including phenoxy) is 1. The minimum absolute atomic E-state index is 0.157. The van der Waals surface area contributed by atoms with Crippen molar-refractivity contribution in [3.63, 3.8) is 0 Å². The molecule has 0 radical (unpaired) electrons. The fourth-order valence-corrected chi connectivity index (χ4v) is 4.94. The van der Waals surface area contributed by atoms with Crippen molar-refractivity contribution in [2.75, 3.05) is 29.6 Å². The fraction of sp³-hybridized carbons (Fsp3) is 0.370. The summed E-state index contributed by atoms with van der Waals surface area (Å²) in [6, 6.07) is 14.4. The molecule has 0 bridgehead atoms. The molecule has 38 heavy (non-hydrogen) atoms. The Kier molecular flexibility index (Phi) is 10.7. The number of para-hydroxylation sites is 1. The average Bonchev–Trinajstić information content (AvgIpc) is 2.91. The Morgan fingerprint density at radius 2 is 1.66 bits per heavy atom. The van der Waals surface area contributed by atoms with Crippen LogP contribution in [0.3, 0.4) is 0 Å². The van der Waals surface area contributed by atoms with Crippen molar-refractivity contribution in [1.82, 2.24) is 9.97 Å². The summed E-state index contributed by atoms with van der Waals surface area (Å²) in [7, 11) is -2.10. The summed E-state index contributed by atoms with van der Waals surface area (Å²) in [4.78, 5) is 20.0. The molecule has 0 unspecified atom stereocenters. The standard InChI is InChI=1S/C27H34ClN5O4S/c1-19(2)38(35,36)24-11-8-7-10-23(24)32-26-22(28)18-30-27(33-26)31-21-15-13-20(14-16-21)29-17-9-5-4-6-12-25(34)37-3/h7-8,10-11,13-16,18-19,29H,4-6,9,12,17H2,1-3H3,(H2,30,31,32,33). The Morgan fingerprint density at radius 1 is 0.974 bits per heavy atom. The van der Waals surface area contributed by atoms with E-state index in [1.807, 2.05) is 24.3 Å². The highest BCUT2D eigenvalue weighted by atomic mass is 35.5. The van der Waals surface area contributed by atoms with Crippen LogP contribution in [0.15, 0.2) is 59.6 Å². The first-order chi connectivity index (χ1) is 18.2. The molecular formula is C27H34ClN5O4S. The molecule has 9 nitrogen and oxygen atoms in total. The van der Waals surface area contributed by atoms with E-state index < -0.39 is 15.1 Å². The van der Waals surface area contributed by atoms with Crippen molar-refractivity contribution in [2.45, 2.75) is 56.1 Å². The van der Waals surface area contributed by atoms with Crippen LogP contribution in [-0.4, -0.2) is 43.3 Å². The van der Waals surface area contributed by atoms with E-state index in [1.54, 1.807) is 38.1 Å². The van der Waals surface area contributed by atoms with Gasteiger partial charge in [0.2, 0.25) is 5.95 Å². The number of aromatic nitrogens is 2. The molecule has 3 rings (SSSR count). The molecule has 0 aliphatic rings. The Morgan fingerprint density at radius 3 is 2.37 bits per heavy atom. The zero-order valence-corrected chi connectivity index (χ0v) is 23.4. The Bertz CT molecular complexity index is 1320. The summed E-state index contributed by atoms with van der Waals surface area (Å²) in [5.74, 6) is 0.449. The van der Waals surface area contributed by atoms with Gasteiger partial charge in [-0.05, 0) is 63.1 Å². The third kappa shape index (κ3) is 8.32. The monoisotopic (exact) mass is 559 g/mol. The molecule has 204 valence electrons. The minimum Gasteiger partial charge on any atom is -0.469 e. The number of hydrogen-bond acceptors (Lipinski definition) is 9. The second kappa shape index (κ2) is 14.0. The number of nitrogens with zero attached hydrogens (tertiary/aromatic N) is 2. The van der Waals surface area contributed by atoms with Gasteiger partial charge in [-0.1, -0.05) is 36.6 Å². The van der Waals surface area contributed by atoms with Gasteiger partial charge in [-0.15, -0.1) is 0 Å². The number of carbonyl (C=O) groups is 1. The fourth-order valence-electron chi connectivity index (χ4n) is 3.60. The lowest BCUT2D eigenvalue weighted by Crippen LogP contribution is -2.15. The van der Waals surface area contributed by atoms with Crippen LogP contribution in [0.5, 0.6) is 0 Å². The van der Waals surface area contributed by atoms with Crippen molar-refractivity contribution in [3.05, 3.63) is 59.8 Å². The van der Waals surface area contributed by atoms with Gasteiger partial charge in [0.1, 0.15) is 5.02 Å². The topological polar surface area (TPSA) is 122 Å². The summed E-state index contributed by atoms with van der Waals surface area (Å²) in [6.07, 6.45) is 5.83. The van der Waals surface area contributed by atoms with E-state index in [2.05, 4.69) is 30.7 Å². The normalized spacial score (nSPS) is 11.3. The van der Waals surface area contributed by atoms with E-state index in [0.29, 0.717) is 23.9 Å². The van der Waals surface area contributed by atoms with Crippen molar-refractivity contribution >= 4 is 56.2 Å². The number of halogens is 1. The van der Waals surface area contributed by atoms with Crippen molar-refractivity contribution in [1.29, 1.82) is 0 Å². The number of methoxy groups -OCH3 is 1. The summed E-state index contributed by atoms with van der Waals surface area (Å²) in [5, 5.41) is 9.28. The second-order valence-corrected chi connectivity index (χ2v) is 11.9. The highest BCUT2D eigenvalue weighted by molar-refractivity contribution is 7.92. The molecule has 0 spiro atoms. The molecule has 11 heteroatoms. The second-order valence-electron chi connectivity index (χ2n) is 8.97. The smallest absolute Gasteiger partial charge is 0.305 e. The third-order valence-corrected chi connectivity index (χ3v) is 8.30. The third-order valence-electron chi connectivity index (χ3n) is 5.82. The minimum atomic E-state index is -3.51. The van der Waals surface area contributed by atoms with Crippen LogP contribution >= 0.6 is 11.6 Å². The Balaban J connectivity index is 1.57. The van der Waals surface area contributed by atoms with Gasteiger partial charge in [-0.2, -0.15) is 4.98 Å². The first kappa shape index (κ1) is 29.2. The van der Waals surface area contributed by atoms with Gasteiger partial charge < -0.3 is 20.7 Å². The lowest BCUT2D eigenvalue weighted by Gasteiger charge is -2.15. The molecule has 2 aromatic carbocycles. The van der Waals surface area contributed by atoms with Crippen LogP contribution in [0.2, 0.25) is 5.02 Å². The predicted octanol–water partition coefficient (Wildman–Crippen LogP) is 6.33. The van der Waals surface area contributed by atoms with Crippen molar-refractivity contribution in [3.8, 4) is 0 Å². The maximum absolute atomic E-state index is 12.8. The highest BCUT2D eigenvalue weighted by Gasteiger charge is 2.23. The lowest BCUT2D eigenvalue weighted by atomic mass is 10.1. The predicted molar refractivity (Wildman–Crippen MR) is 152 cm³/mol. The molecule has 0 aliphatic heterocycles. The van der Waals surface area contributed by atoms with Gasteiger partial charge in [-0.25, -0.2) is 13.4 Å². The van der Waals surface area contributed by atoms with Crippen LogP contribution in [0, 0.1) is 0 Å². The lowest BCUT2D eigenvalue weighted by molar-refractivity contribution is -0.140. The van der Waals surface area contributed by atoms with Gasteiger partial charge in [0.15, 0.2) is 15.7 Å². The van der Waals surface area contributed by atoms with Gasteiger partial charge in [0.25, 0.3) is 0 Å². The average molecular weight is 560 g/mol. The van der Waals surface area contributed by atoms with Crippen molar-refractivity contribution < 1.29 is 17.9 Å². The highest BCUT2D eigenvalue weighted by Crippen LogP contribution is 2.30. The first-order valence-electron chi connectivity index (χ1n) is 12.5. The van der Waals surface area contributed by atoms with Gasteiger partial charge in [0.05, 0.1) is 29.1 Å². The number of hydrogen-bond donors (Lipinski definition) is 3. The molecule has 1 heterocycles. The maximum atomic E-state index is 12.8. The molecule has 1 aromatic heterocycles. The van der Waals surface area contributed by atoms with E-state index in [0.717, 1.165) is 43.6 Å². The Hall–Kier alpha value is -3.37. The largest absolute Gasteiger partial charge is 0.469 e.